The molecule has 0 aliphatic heterocycles. The van der Waals surface area contributed by atoms with Crippen LogP contribution in [0.25, 0.3) is 0 Å². The molecular weight excluding hydrogens is 248 g/mol. The van der Waals surface area contributed by atoms with Crippen molar-refractivity contribution in [2.45, 2.75) is 33.0 Å². The maximum absolute atomic E-state index is 11.9. The van der Waals surface area contributed by atoms with Crippen molar-refractivity contribution in [3.05, 3.63) is 24.3 Å². The van der Waals surface area contributed by atoms with Crippen molar-refractivity contribution in [1.82, 2.24) is 0 Å². The SMILES string of the molecule is C=C(C)COC(C)OC(=O)C1CC=CCC1C(=O)O. The van der Waals surface area contributed by atoms with E-state index in [1.165, 1.54) is 0 Å². The van der Waals surface area contributed by atoms with Crippen molar-refractivity contribution in [3.8, 4) is 0 Å². The van der Waals surface area contributed by atoms with Crippen LogP contribution in [0.3, 0.4) is 0 Å². The van der Waals surface area contributed by atoms with Crippen LogP contribution in [0.4, 0.5) is 0 Å². The quantitative estimate of drug-likeness (QED) is 0.454. The molecule has 0 aromatic carbocycles. The van der Waals surface area contributed by atoms with E-state index in [-0.39, 0.29) is 0 Å². The minimum atomic E-state index is -0.971. The molecule has 3 atom stereocenters. The van der Waals surface area contributed by atoms with E-state index >= 15 is 0 Å². The van der Waals surface area contributed by atoms with E-state index in [1.807, 2.05) is 6.08 Å². The first-order valence-electron chi connectivity index (χ1n) is 6.26. The van der Waals surface area contributed by atoms with E-state index in [1.54, 1.807) is 19.9 Å². The lowest BCUT2D eigenvalue weighted by Crippen LogP contribution is -2.34. The summed E-state index contributed by atoms with van der Waals surface area (Å²) in [5, 5.41) is 9.08. The predicted octanol–water partition coefficient (Wildman–Crippen LogP) is 2.14. The first kappa shape index (κ1) is 15.4. The highest BCUT2D eigenvalue weighted by atomic mass is 16.7. The summed E-state index contributed by atoms with van der Waals surface area (Å²) in [6.45, 7) is 7.40. The largest absolute Gasteiger partial charge is 0.481 e. The van der Waals surface area contributed by atoms with Crippen molar-refractivity contribution >= 4 is 11.9 Å². The molecule has 1 aliphatic carbocycles. The molecule has 1 aliphatic rings. The fourth-order valence-electron chi connectivity index (χ4n) is 1.89. The first-order valence-corrected chi connectivity index (χ1v) is 6.26. The molecule has 0 fully saturated rings. The zero-order valence-electron chi connectivity index (χ0n) is 11.3. The Kier molecular flexibility index (Phi) is 5.76. The number of carboxylic acid groups (broad SMARTS) is 1. The second-order valence-electron chi connectivity index (χ2n) is 4.77. The average Bonchev–Trinajstić information content (AvgIpc) is 2.36. The molecule has 3 unspecified atom stereocenters. The summed E-state index contributed by atoms with van der Waals surface area (Å²) in [5.74, 6) is -2.85. The molecule has 1 rings (SSSR count). The Hall–Kier alpha value is -1.62. The number of esters is 1. The van der Waals surface area contributed by atoms with Gasteiger partial charge in [0.15, 0.2) is 6.29 Å². The van der Waals surface area contributed by atoms with Crippen LogP contribution in [-0.2, 0) is 19.1 Å². The zero-order valence-corrected chi connectivity index (χ0v) is 11.3. The van der Waals surface area contributed by atoms with Gasteiger partial charge in [0.25, 0.3) is 0 Å². The van der Waals surface area contributed by atoms with Gasteiger partial charge in [0.2, 0.25) is 0 Å². The molecule has 0 radical (unpaired) electrons. The van der Waals surface area contributed by atoms with Crippen LogP contribution in [0, 0.1) is 11.8 Å². The molecule has 19 heavy (non-hydrogen) atoms. The standard InChI is InChI=1S/C14H20O5/c1-9(2)8-18-10(3)19-14(17)12-7-5-4-6-11(12)13(15)16/h4-5,10-12H,1,6-8H2,2-3H3,(H,15,16). The smallest absolute Gasteiger partial charge is 0.312 e. The molecule has 1 N–H and O–H groups in total. The lowest BCUT2D eigenvalue weighted by Gasteiger charge is -2.25. The van der Waals surface area contributed by atoms with Gasteiger partial charge in [0.1, 0.15) is 0 Å². The third kappa shape index (κ3) is 4.87. The van der Waals surface area contributed by atoms with Crippen molar-refractivity contribution in [2.24, 2.45) is 11.8 Å². The highest BCUT2D eigenvalue weighted by Crippen LogP contribution is 2.27. The summed E-state index contributed by atoms with van der Waals surface area (Å²) in [6, 6.07) is 0. The number of rotatable bonds is 6. The highest BCUT2D eigenvalue weighted by Gasteiger charge is 2.35. The van der Waals surface area contributed by atoms with Gasteiger partial charge in [0.05, 0.1) is 18.4 Å². The van der Waals surface area contributed by atoms with Crippen molar-refractivity contribution in [3.63, 3.8) is 0 Å². The topological polar surface area (TPSA) is 72.8 Å². The molecule has 0 saturated carbocycles. The summed E-state index contributed by atoms with van der Waals surface area (Å²) in [5.41, 5.74) is 0.826. The van der Waals surface area contributed by atoms with Crippen LogP contribution in [0.2, 0.25) is 0 Å². The minimum absolute atomic E-state index is 0.307. The summed E-state index contributed by atoms with van der Waals surface area (Å²) >= 11 is 0. The number of hydrogen-bond donors (Lipinski definition) is 1. The summed E-state index contributed by atoms with van der Waals surface area (Å²) < 4.78 is 10.4. The normalized spacial score (nSPS) is 23.7. The molecule has 0 saturated heterocycles. The van der Waals surface area contributed by atoms with Gasteiger partial charge in [-0.1, -0.05) is 24.3 Å². The van der Waals surface area contributed by atoms with Crippen LogP contribution in [0.5, 0.6) is 0 Å². The maximum Gasteiger partial charge on any atom is 0.312 e. The summed E-state index contributed by atoms with van der Waals surface area (Å²) in [4.78, 5) is 23.0. The van der Waals surface area contributed by atoms with Gasteiger partial charge in [-0.2, -0.15) is 0 Å². The number of carbonyl (C=O) groups is 2. The number of ether oxygens (including phenoxy) is 2. The van der Waals surface area contributed by atoms with Gasteiger partial charge >= 0.3 is 11.9 Å². The van der Waals surface area contributed by atoms with Crippen LogP contribution in [0.1, 0.15) is 26.7 Å². The Bertz CT molecular complexity index is 385. The monoisotopic (exact) mass is 268 g/mol. The van der Waals surface area contributed by atoms with Gasteiger partial charge in [-0.25, -0.2) is 0 Å². The molecule has 5 heteroatoms. The first-order chi connectivity index (χ1) is 8.91. The Labute approximate surface area is 112 Å². The maximum atomic E-state index is 11.9. The van der Waals surface area contributed by atoms with Gasteiger partial charge in [0, 0.05) is 0 Å². The molecule has 0 amide bonds. The number of carbonyl (C=O) groups excluding carboxylic acids is 1. The lowest BCUT2D eigenvalue weighted by atomic mass is 9.83. The van der Waals surface area contributed by atoms with Gasteiger partial charge < -0.3 is 14.6 Å². The van der Waals surface area contributed by atoms with Crippen LogP contribution in [0.15, 0.2) is 24.3 Å². The minimum Gasteiger partial charge on any atom is -0.481 e. The van der Waals surface area contributed by atoms with E-state index in [2.05, 4.69) is 6.58 Å². The predicted molar refractivity (Wildman–Crippen MR) is 69.3 cm³/mol. The van der Waals surface area contributed by atoms with Crippen LogP contribution >= 0.6 is 0 Å². The molecular formula is C14H20O5. The Morgan fingerprint density at radius 2 is 1.95 bits per heavy atom. The number of aliphatic carboxylic acids is 1. The summed E-state index contributed by atoms with van der Waals surface area (Å²) in [7, 11) is 0. The highest BCUT2D eigenvalue weighted by molar-refractivity contribution is 5.81. The number of allylic oxidation sites excluding steroid dienone is 2. The third-order valence-corrected chi connectivity index (χ3v) is 2.90. The Morgan fingerprint density at radius 1 is 1.37 bits per heavy atom. The summed E-state index contributed by atoms with van der Waals surface area (Å²) in [6.07, 6.45) is 3.64. The van der Waals surface area contributed by atoms with E-state index in [4.69, 9.17) is 14.6 Å². The van der Waals surface area contributed by atoms with Crippen molar-refractivity contribution in [1.29, 1.82) is 0 Å². The second kappa shape index (κ2) is 7.09. The Morgan fingerprint density at radius 3 is 2.47 bits per heavy atom. The zero-order chi connectivity index (χ0) is 14.4. The number of hydrogen-bond acceptors (Lipinski definition) is 4. The molecule has 0 bridgehead atoms. The van der Waals surface area contributed by atoms with E-state index in [0.717, 1.165) is 5.57 Å². The Balaban J connectivity index is 2.53. The van der Waals surface area contributed by atoms with Crippen LogP contribution < -0.4 is 0 Å². The molecule has 0 aromatic heterocycles. The molecule has 0 aromatic rings. The fraction of sp³-hybridized carbons (Fsp3) is 0.571. The number of carboxylic acids is 1. The fourth-order valence-corrected chi connectivity index (χ4v) is 1.89. The van der Waals surface area contributed by atoms with Gasteiger partial charge in [-0.3, -0.25) is 9.59 Å². The van der Waals surface area contributed by atoms with E-state index in [0.29, 0.717) is 19.4 Å². The lowest BCUT2D eigenvalue weighted by molar-refractivity contribution is -0.182. The molecule has 0 heterocycles. The third-order valence-electron chi connectivity index (χ3n) is 2.90. The molecule has 0 spiro atoms. The van der Waals surface area contributed by atoms with Crippen molar-refractivity contribution in [2.75, 3.05) is 6.61 Å². The molecule has 106 valence electrons. The van der Waals surface area contributed by atoms with Crippen LogP contribution in [-0.4, -0.2) is 29.9 Å². The second-order valence-corrected chi connectivity index (χ2v) is 4.77. The average molecular weight is 268 g/mol. The molecule has 5 nitrogen and oxygen atoms in total. The van der Waals surface area contributed by atoms with Gasteiger partial charge in [-0.05, 0) is 26.7 Å². The van der Waals surface area contributed by atoms with Gasteiger partial charge in [-0.15, -0.1) is 0 Å². The van der Waals surface area contributed by atoms with E-state index in [9.17, 15) is 9.59 Å². The van der Waals surface area contributed by atoms with E-state index < -0.39 is 30.1 Å². The van der Waals surface area contributed by atoms with Crippen molar-refractivity contribution < 1.29 is 24.2 Å².